The van der Waals surface area contributed by atoms with Gasteiger partial charge in [-0.15, -0.1) is 0 Å². The van der Waals surface area contributed by atoms with Crippen LogP contribution in [0.15, 0.2) is 24.3 Å². The lowest BCUT2D eigenvalue weighted by Gasteiger charge is -2.26. The van der Waals surface area contributed by atoms with Gasteiger partial charge in [0.05, 0.1) is 5.56 Å². The number of hydrogen-bond donors (Lipinski definition) is 0. The van der Waals surface area contributed by atoms with E-state index < -0.39 is 20.3 Å². The highest BCUT2D eigenvalue weighted by molar-refractivity contribution is 6.80. The van der Waals surface area contributed by atoms with Gasteiger partial charge in [0.1, 0.15) is 0 Å². The van der Waals surface area contributed by atoms with Gasteiger partial charge in [0.25, 0.3) is 0 Å². The van der Waals surface area contributed by atoms with Crippen molar-refractivity contribution in [2.75, 3.05) is 13.2 Å². The molecule has 0 N–H and O–H groups in total. The SMILES string of the molecule is CCO[Si](C)(OCC)c1cccc(C(F)(F)F)c1. The largest absolute Gasteiger partial charge is 0.416 e. The van der Waals surface area contributed by atoms with Gasteiger partial charge in [-0.25, -0.2) is 0 Å². The maximum atomic E-state index is 12.7. The van der Waals surface area contributed by atoms with Crippen LogP contribution in [0.5, 0.6) is 0 Å². The molecular formula is C12H17F3O2Si. The molecule has 0 radical (unpaired) electrons. The second kappa shape index (κ2) is 5.86. The van der Waals surface area contributed by atoms with E-state index in [1.807, 2.05) is 0 Å². The number of hydrogen-bond acceptors (Lipinski definition) is 2. The van der Waals surface area contributed by atoms with Crippen molar-refractivity contribution in [2.45, 2.75) is 26.6 Å². The summed E-state index contributed by atoms with van der Waals surface area (Å²) in [7, 11) is -2.74. The molecular weight excluding hydrogens is 261 g/mol. The van der Waals surface area contributed by atoms with Crippen LogP contribution in [0.3, 0.4) is 0 Å². The highest BCUT2D eigenvalue weighted by atomic mass is 28.4. The van der Waals surface area contributed by atoms with Crippen LogP contribution in [0.2, 0.25) is 6.55 Å². The molecule has 102 valence electrons. The molecule has 0 bridgehead atoms. The zero-order valence-corrected chi connectivity index (χ0v) is 11.7. The minimum Gasteiger partial charge on any atom is -0.391 e. The quantitative estimate of drug-likeness (QED) is 0.771. The molecule has 1 rings (SSSR count). The first-order valence-corrected chi connectivity index (χ1v) is 8.10. The van der Waals surface area contributed by atoms with Crippen molar-refractivity contribution < 1.29 is 22.0 Å². The molecule has 0 atom stereocenters. The first kappa shape index (κ1) is 15.2. The second-order valence-electron chi connectivity index (χ2n) is 3.89. The normalized spacial score (nSPS) is 12.8. The summed E-state index contributed by atoms with van der Waals surface area (Å²) in [4.78, 5) is 0. The molecule has 0 saturated carbocycles. The lowest BCUT2D eigenvalue weighted by molar-refractivity contribution is -0.137. The number of halogens is 3. The minimum atomic E-state index is -4.34. The van der Waals surface area contributed by atoms with Crippen LogP contribution in [0, 0.1) is 0 Å². The highest BCUT2D eigenvalue weighted by Crippen LogP contribution is 2.28. The molecule has 1 aromatic rings. The predicted octanol–water partition coefficient (Wildman–Crippen LogP) is 3.06. The van der Waals surface area contributed by atoms with Gasteiger partial charge in [0.15, 0.2) is 0 Å². The molecule has 0 unspecified atom stereocenters. The highest BCUT2D eigenvalue weighted by Gasteiger charge is 2.37. The van der Waals surface area contributed by atoms with Crippen molar-refractivity contribution >= 4 is 13.7 Å². The summed E-state index contributed by atoms with van der Waals surface area (Å²) in [5, 5.41) is 0.501. The fourth-order valence-corrected chi connectivity index (χ4v) is 4.07. The maximum Gasteiger partial charge on any atom is 0.416 e. The van der Waals surface area contributed by atoms with Gasteiger partial charge in [-0.3, -0.25) is 0 Å². The molecule has 6 heteroatoms. The van der Waals surface area contributed by atoms with Crippen LogP contribution in [0.4, 0.5) is 13.2 Å². The summed E-state index contributed by atoms with van der Waals surface area (Å²) in [6, 6.07) is 5.20. The van der Waals surface area contributed by atoms with Crippen LogP contribution in [0.1, 0.15) is 19.4 Å². The van der Waals surface area contributed by atoms with E-state index >= 15 is 0 Å². The van der Waals surface area contributed by atoms with Crippen LogP contribution in [0.25, 0.3) is 0 Å². The summed E-state index contributed by atoms with van der Waals surface area (Å²) in [5.41, 5.74) is -0.668. The Balaban J connectivity index is 3.13. The summed E-state index contributed by atoms with van der Waals surface area (Å²) in [5.74, 6) is 0. The molecule has 0 fully saturated rings. The third-order valence-corrected chi connectivity index (χ3v) is 5.59. The van der Waals surface area contributed by atoms with Crippen molar-refractivity contribution in [2.24, 2.45) is 0 Å². The van der Waals surface area contributed by atoms with E-state index in [0.29, 0.717) is 18.4 Å². The standard InChI is InChI=1S/C12H17F3O2Si/c1-4-16-18(3,17-5-2)11-8-6-7-10(9-11)12(13,14)15/h6-9H,4-5H2,1-3H3. The summed E-state index contributed by atoms with van der Waals surface area (Å²) < 4.78 is 49.1. The van der Waals surface area contributed by atoms with E-state index in [9.17, 15) is 13.2 Å². The third kappa shape index (κ3) is 3.57. The first-order chi connectivity index (χ1) is 8.33. The van der Waals surface area contributed by atoms with Crippen LogP contribution in [-0.2, 0) is 15.0 Å². The zero-order valence-electron chi connectivity index (χ0n) is 10.7. The van der Waals surface area contributed by atoms with Crippen molar-refractivity contribution in [3.05, 3.63) is 29.8 Å². The average molecular weight is 278 g/mol. The summed E-state index contributed by atoms with van der Waals surface area (Å²) >= 11 is 0. The molecule has 1 aromatic carbocycles. The predicted molar refractivity (Wildman–Crippen MR) is 65.9 cm³/mol. The van der Waals surface area contributed by atoms with E-state index in [4.69, 9.17) is 8.85 Å². The Hall–Kier alpha value is -0.853. The second-order valence-corrected chi connectivity index (χ2v) is 6.94. The summed E-state index contributed by atoms with van der Waals surface area (Å²) in [6.07, 6.45) is -4.34. The van der Waals surface area contributed by atoms with E-state index in [0.717, 1.165) is 12.1 Å². The molecule has 2 nitrogen and oxygen atoms in total. The van der Waals surface area contributed by atoms with Crippen LogP contribution < -0.4 is 5.19 Å². The van der Waals surface area contributed by atoms with E-state index in [1.54, 1.807) is 26.5 Å². The minimum absolute atomic E-state index is 0.416. The first-order valence-electron chi connectivity index (χ1n) is 5.79. The van der Waals surface area contributed by atoms with Gasteiger partial charge in [-0.2, -0.15) is 13.2 Å². The fourth-order valence-electron chi connectivity index (χ4n) is 1.74. The van der Waals surface area contributed by atoms with Gasteiger partial charge in [-0.1, -0.05) is 18.2 Å². The molecule has 18 heavy (non-hydrogen) atoms. The fraction of sp³-hybridized carbons (Fsp3) is 0.500. The maximum absolute atomic E-state index is 12.7. The van der Waals surface area contributed by atoms with Crippen molar-refractivity contribution in [1.29, 1.82) is 0 Å². The van der Waals surface area contributed by atoms with Gasteiger partial charge >= 0.3 is 14.7 Å². The Morgan fingerprint density at radius 1 is 1.11 bits per heavy atom. The van der Waals surface area contributed by atoms with Gasteiger partial charge in [0.2, 0.25) is 0 Å². The molecule has 0 aliphatic rings. The Kier molecular flexibility index (Phi) is 4.95. The van der Waals surface area contributed by atoms with Gasteiger partial charge in [-0.05, 0) is 31.6 Å². The van der Waals surface area contributed by atoms with E-state index in [-0.39, 0.29) is 0 Å². The summed E-state index contributed by atoms with van der Waals surface area (Å²) in [6.45, 7) is 6.20. The Bertz CT molecular complexity index is 387. The number of benzene rings is 1. The lowest BCUT2D eigenvalue weighted by atomic mass is 10.2. The van der Waals surface area contributed by atoms with Gasteiger partial charge < -0.3 is 8.85 Å². The Morgan fingerprint density at radius 3 is 2.11 bits per heavy atom. The van der Waals surface area contributed by atoms with E-state index in [2.05, 4.69) is 0 Å². The molecule has 0 amide bonds. The third-order valence-electron chi connectivity index (χ3n) is 2.55. The zero-order chi connectivity index (χ0) is 13.8. The topological polar surface area (TPSA) is 18.5 Å². The Labute approximate surface area is 106 Å². The van der Waals surface area contributed by atoms with Crippen molar-refractivity contribution in [3.8, 4) is 0 Å². The van der Waals surface area contributed by atoms with Crippen molar-refractivity contribution in [3.63, 3.8) is 0 Å². The molecule has 0 saturated heterocycles. The van der Waals surface area contributed by atoms with Crippen molar-refractivity contribution in [1.82, 2.24) is 0 Å². The molecule has 0 aliphatic heterocycles. The Morgan fingerprint density at radius 2 is 1.67 bits per heavy atom. The van der Waals surface area contributed by atoms with Crippen LogP contribution >= 0.6 is 0 Å². The molecule has 0 aliphatic carbocycles. The molecule has 0 aromatic heterocycles. The van der Waals surface area contributed by atoms with E-state index in [1.165, 1.54) is 6.07 Å². The lowest BCUT2D eigenvalue weighted by Crippen LogP contribution is -2.51. The average Bonchev–Trinajstić information content (AvgIpc) is 2.29. The molecule has 0 spiro atoms. The smallest absolute Gasteiger partial charge is 0.391 e. The van der Waals surface area contributed by atoms with Crippen LogP contribution in [-0.4, -0.2) is 21.8 Å². The van der Waals surface area contributed by atoms with Gasteiger partial charge in [0, 0.05) is 13.2 Å². The number of rotatable bonds is 5. The number of alkyl halides is 3. The molecule has 0 heterocycles. The monoisotopic (exact) mass is 278 g/mol.